The van der Waals surface area contributed by atoms with E-state index in [2.05, 4.69) is 18.2 Å². The molecular formula is C21H34O5. The standard InChI is InChI=1S/C21H34O5/c1-3-19(22)20(23)17-16-18(26-2)14-12-10-8-6-4-5-7-9-11-13-15-21(24)25/h4,6-7,9-10,12,16-20,22-23H,3,5,8,11,13-15H2,1-2H3,(H,24,25)/b6-4-,9-7-,12-10-,17-16+/t18-,19-,20-/m1/s1. The lowest BCUT2D eigenvalue weighted by Gasteiger charge is -2.13. The second-order valence-electron chi connectivity index (χ2n) is 6.03. The number of rotatable bonds is 15. The van der Waals surface area contributed by atoms with Crippen LogP contribution in [0.3, 0.4) is 0 Å². The zero-order valence-corrected chi connectivity index (χ0v) is 16.0. The highest BCUT2D eigenvalue weighted by Gasteiger charge is 2.10. The molecule has 0 radical (unpaired) electrons. The maximum Gasteiger partial charge on any atom is 0.303 e. The summed E-state index contributed by atoms with van der Waals surface area (Å²) < 4.78 is 5.33. The number of allylic oxidation sites excluding steroid dienone is 5. The van der Waals surface area contributed by atoms with E-state index in [9.17, 15) is 15.0 Å². The van der Waals surface area contributed by atoms with Crippen molar-refractivity contribution in [2.45, 2.75) is 70.2 Å². The number of carbonyl (C=O) groups is 1. The maximum atomic E-state index is 10.4. The molecule has 0 aromatic rings. The van der Waals surface area contributed by atoms with Gasteiger partial charge in [0, 0.05) is 13.5 Å². The average Bonchev–Trinajstić information content (AvgIpc) is 2.63. The lowest BCUT2D eigenvalue weighted by molar-refractivity contribution is -0.137. The van der Waals surface area contributed by atoms with Crippen LogP contribution in [0.5, 0.6) is 0 Å². The third kappa shape index (κ3) is 14.6. The number of hydrogen-bond acceptors (Lipinski definition) is 4. The minimum absolute atomic E-state index is 0.123. The van der Waals surface area contributed by atoms with Gasteiger partial charge in [0.1, 0.15) is 0 Å². The molecule has 5 nitrogen and oxygen atoms in total. The van der Waals surface area contributed by atoms with Gasteiger partial charge in [-0.2, -0.15) is 0 Å². The molecule has 0 amide bonds. The summed E-state index contributed by atoms with van der Waals surface area (Å²) in [6.07, 6.45) is 18.6. The van der Waals surface area contributed by atoms with Crippen molar-refractivity contribution in [1.82, 2.24) is 0 Å². The maximum absolute atomic E-state index is 10.4. The van der Waals surface area contributed by atoms with Crippen molar-refractivity contribution in [2.75, 3.05) is 7.11 Å². The lowest BCUT2D eigenvalue weighted by atomic mass is 10.1. The summed E-state index contributed by atoms with van der Waals surface area (Å²) in [4.78, 5) is 10.4. The highest BCUT2D eigenvalue weighted by Crippen LogP contribution is 2.06. The van der Waals surface area contributed by atoms with Gasteiger partial charge in [-0.15, -0.1) is 0 Å². The van der Waals surface area contributed by atoms with Crippen molar-refractivity contribution in [3.05, 3.63) is 48.6 Å². The summed E-state index contributed by atoms with van der Waals surface area (Å²) in [5.74, 6) is -0.744. The minimum Gasteiger partial charge on any atom is -0.481 e. The predicted molar refractivity (Wildman–Crippen MR) is 105 cm³/mol. The third-order valence-electron chi connectivity index (χ3n) is 3.81. The van der Waals surface area contributed by atoms with Crippen molar-refractivity contribution in [2.24, 2.45) is 0 Å². The largest absolute Gasteiger partial charge is 0.481 e. The number of unbranched alkanes of at least 4 members (excludes halogenated alkanes) is 1. The summed E-state index contributed by atoms with van der Waals surface area (Å²) in [6.45, 7) is 1.82. The van der Waals surface area contributed by atoms with E-state index in [0.717, 1.165) is 19.3 Å². The summed E-state index contributed by atoms with van der Waals surface area (Å²) in [7, 11) is 1.62. The lowest BCUT2D eigenvalue weighted by Crippen LogP contribution is -2.23. The molecule has 0 aliphatic heterocycles. The van der Waals surface area contributed by atoms with E-state index < -0.39 is 18.2 Å². The van der Waals surface area contributed by atoms with Gasteiger partial charge in [-0.3, -0.25) is 4.79 Å². The zero-order chi connectivity index (χ0) is 19.6. The van der Waals surface area contributed by atoms with Gasteiger partial charge in [0.2, 0.25) is 0 Å². The molecule has 0 fully saturated rings. The number of aliphatic hydroxyl groups excluding tert-OH is 2. The Morgan fingerprint density at radius 2 is 1.62 bits per heavy atom. The first-order valence-electron chi connectivity index (χ1n) is 9.25. The Morgan fingerprint density at radius 3 is 2.19 bits per heavy atom. The molecule has 3 N–H and O–H groups in total. The summed E-state index contributed by atoms with van der Waals surface area (Å²) in [5, 5.41) is 27.7. The molecule has 0 saturated heterocycles. The number of methoxy groups -OCH3 is 1. The quantitative estimate of drug-likeness (QED) is 0.303. The molecule has 26 heavy (non-hydrogen) atoms. The molecule has 0 bridgehead atoms. The molecule has 0 aromatic heterocycles. The van der Waals surface area contributed by atoms with Gasteiger partial charge in [0.25, 0.3) is 0 Å². The van der Waals surface area contributed by atoms with Crippen LogP contribution in [0, 0.1) is 0 Å². The number of carboxylic acid groups (broad SMARTS) is 1. The minimum atomic E-state index is -0.859. The summed E-state index contributed by atoms with van der Waals surface area (Å²) in [5.41, 5.74) is 0. The Bertz CT molecular complexity index is 465. The Balaban J connectivity index is 3.90. The van der Waals surface area contributed by atoms with Gasteiger partial charge in [-0.05, 0) is 38.5 Å². The van der Waals surface area contributed by atoms with Gasteiger partial charge in [0.15, 0.2) is 0 Å². The van der Waals surface area contributed by atoms with Crippen LogP contribution in [-0.4, -0.2) is 46.7 Å². The monoisotopic (exact) mass is 366 g/mol. The fourth-order valence-corrected chi connectivity index (χ4v) is 2.12. The van der Waals surface area contributed by atoms with Crippen molar-refractivity contribution in [3.8, 4) is 0 Å². The molecule has 3 atom stereocenters. The highest BCUT2D eigenvalue weighted by molar-refractivity contribution is 5.66. The Labute approximate surface area is 157 Å². The second kappa shape index (κ2) is 16.8. The summed E-state index contributed by atoms with van der Waals surface area (Å²) >= 11 is 0. The molecule has 5 heteroatoms. The molecule has 0 aliphatic rings. The van der Waals surface area contributed by atoms with Gasteiger partial charge >= 0.3 is 5.97 Å². The Kier molecular flexibility index (Phi) is 15.7. The van der Waals surface area contributed by atoms with E-state index in [-0.39, 0.29) is 12.5 Å². The molecule has 148 valence electrons. The van der Waals surface area contributed by atoms with E-state index in [4.69, 9.17) is 9.84 Å². The fraction of sp³-hybridized carbons (Fsp3) is 0.571. The average molecular weight is 366 g/mol. The van der Waals surface area contributed by atoms with Crippen LogP contribution < -0.4 is 0 Å². The number of carboxylic acids is 1. The Morgan fingerprint density at radius 1 is 1.00 bits per heavy atom. The Hall–Kier alpha value is -1.69. The third-order valence-corrected chi connectivity index (χ3v) is 3.81. The molecule has 0 heterocycles. The molecule has 0 spiro atoms. The molecular weight excluding hydrogens is 332 g/mol. The summed E-state index contributed by atoms with van der Waals surface area (Å²) in [6, 6.07) is 0. The van der Waals surface area contributed by atoms with Crippen LogP contribution in [-0.2, 0) is 9.53 Å². The van der Waals surface area contributed by atoms with Gasteiger partial charge in [-0.25, -0.2) is 0 Å². The zero-order valence-electron chi connectivity index (χ0n) is 16.0. The predicted octanol–water partition coefficient (Wildman–Crippen LogP) is 3.78. The first-order valence-corrected chi connectivity index (χ1v) is 9.25. The van der Waals surface area contributed by atoms with E-state index >= 15 is 0 Å². The van der Waals surface area contributed by atoms with Gasteiger partial charge < -0.3 is 20.1 Å². The topological polar surface area (TPSA) is 87.0 Å². The van der Waals surface area contributed by atoms with E-state index in [1.165, 1.54) is 0 Å². The number of aliphatic hydroxyl groups is 2. The van der Waals surface area contributed by atoms with E-state index in [0.29, 0.717) is 19.3 Å². The van der Waals surface area contributed by atoms with Gasteiger partial charge in [0.05, 0.1) is 18.3 Å². The molecule has 0 aliphatic carbocycles. The highest BCUT2D eigenvalue weighted by atomic mass is 16.5. The number of aliphatic carboxylic acids is 1. The first kappa shape index (κ1) is 24.3. The number of ether oxygens (including phenoxy) is 1. The van der Waals surface area contributed by atoms with Crippen LogP contribution in [0.15, 0.2) is 48.6 Å². The van der Waals surface area contributed by atoms with E-state index in [1.54, 1.807) is 19.3 Å². The van der Waals surface area contributed by atoms with E-state index in [1.807, 2.05) is 25.2 Å². The van der Waals surface area contributed by atoms with Crippen molar-refractivity contribution in [1.29, 1.82) is 0 Å². The van der Waals surface area contributed by atoms with Crippen LogP contribution >= 0.6 is 0 Å². The van der Waals surface area contributed by atoms with Crippen LogP contribution in [0.1, 0.15) is 51.9 Å². The van der Waals surface area contributed by atoms with Gasteiger partial charge in [-0.1, -0.05) is 55.5 Å². The van der Waals surface area contributed by atoms with Crippen LogP contribution in [0.4, 0.5) is 0 Å². The van der Waals surface area contributed by atoms with Crippen molar-refractivity contribution in [3.63, 3.8) is 0 Å². The molecule has 0 unspecified atom stereocenters. The second-order valence-corrected chi connectivity index (χ2v) is 6.03. The SMILES string of the molecule is CC[C@@H](O)[C@H](O)/C=C/[C@@H](C/C=C\C/C=C\C/C=C\CCCC(=O)O)OC. The van der Waals surface area contributed by atoms with Crippen LogP contribution in [0.2, 0.25) is 0 Å². The first-order chi connectivity index (χ1) is 12.5. The number of hydrogen-bond donors (Lipinski definition) is 3. The van der Waals surface area contributed by atoms with Crippen LogP contribution in [0.25, 0.3) is 0 Å². The smallest absolute Gasteiger partial charge is 0.303 e. The molecule has 0 rings (SSSR count). The molecule has 0 saturated carbocycles. The fourth-order valence-electron chi connectivity index (χ4n) is 2.12. The normalized spacial score (nSPS) is 16.2. The van der Waals surface area contributed by atoms with Crippen molar-refractivity contribution >= 4 is 5.97 Å². The molecule has 0 aromatic carbocycles. The van der Waals surface area contributed by atoms with Crippen molar-refractivity contribution < 1.29 is 24.9 Å².